The van der Waals surface area contributed by atoms with Crippen molar-refractivity contribution >= 4 is 40.2 Å². The Labute approximate surface area is 135 Å². The third kappa shape index (κ3) is 3.25. The molecule has 0 bridgehead atoms. The Balaban J connectivity index is 1.67. The van der Waals surface area contributed by atoms with E-state index in [9.17, 15) is 9.59 Å². The van der Waals surface area contributed by atoms with Crippen LogP contribution in [0, 0.1) is 0 Å². The Kier molecular flexibility index (Phi) is 4.63. The summed E-state index contributed by atoms with van der Waals surface area (Å²) in [6.45, 7) is 2.01. The molecule has 0 aliphatic carbocycles. The van der Waals surface area contributed by atoms with Crippen LogP contribution < -0.4 is 5.32 Å². The Hall–Kier alpha value is -1.61. The number of nitrogens with zero attached hydrogens (tertiary/aromatic N) is 4. The Morgan fingerprint density at radius 2 is 2.45 bits per heavy atom. The van der Waals surface area contributed by atoms with Gasteiger partial charge in [-0.05, 0) is 12.8 Å². The summed E-state index contributed by atoms with van der Waals surface area (Å²) in [4.78, 5) is 28.0. The van der Waals surface area contributed by atoms with Crippen molar-refractivity contribution in [1.29, 1.82) is 0 Å². The van der Waals surface area contributed by atoms with Gasteiger partial charge in [0, 0.05) is 17.5 Å². The monoisotopic (exact) mass is 337 g/mol. The maximum atomic E-state index is 12.0. The molecule has 0 saturated carbocycles. The lowest BCUT2D eigenvalue weighted by Crippen LogP contribution is -2.38. The lowest BCUT2D eigenvalue weighted by Gasteiger charge is -2.10. The molecule has 3 heterocycles. The molecule has 9 heteroatoms. The number of amides is 1. The molecule has 1 N–H and O–H groups in total. The average Bonchev–Trinajstić information content (AvgIpc) is 3.14. The van der Waals surface area contributed by atoms with E-state index in [0.717, 1.165) is 23.5 Å². The topological polar surface area (TPSA) is 89.3 Å². The fourth-order valence-electron chi connectivity index (χ4n) is 2.12. The number of hydrogen-bond donors (Lipinski definition) is 1. The van der Waals surface area contributed by atoms with Crippen molar-refractivity contribution in [2.75, 3.05) is 11.5 Å². The molecule has 1 saturated heterocycles. The molecule has 1 atom stereocenters. The summed E-state index contributed by atoms with van der Waals surface area (Å²) in [6.07, 6.45) is 3.08. The lowest BCUT2D eigenvalue weighted by molar-refractivity contribution is -0.122. The molecule has 22 heavy (non-hydrogen) atoms. The average molecular weight is 337 g/mol. The van der Waals surface area contributed by atoms with Crippen LogP contribution in [0.25, 0.3) is 5.65 Å². The first-order valence-electron chi connectivity index (χ1n) is 6.96. The maximum Gasteiger partial charge on any atom is 0.231 e. The van der Waals surface area contributed by atoms with E-state index in [2.05, 4.69) is 20.5 Å². The Bertz CT molecular complexity index is 718. The van der Waals surface area contributed by atoms with Crippen molar-refractivity contribution in [3.05, 3.63) is 18.1 Å². The number of fused-ring (bicyclic) bond motifs is 1. The van der Waals surface area contributed by atoms with Crippen LogP contribution in [0.2, 0.25) is 0 Å². The zero-order chi connectivity index (χ0) is 15.5. The molecule has 1 fully saturated rings. The predicted molar refractivity (Wildman–Crippen MR) is 84.9 cm³/mol. The number of aryl methyl sites for hydroxylation is 1. The van der Waals surface area contributed by atoms with E-state index in [1.165, 1.54) is 23.5 Å². The van der Waals surface area contributed by atoms with Gasteiger partial charge in [0.25, 0.3) is 0 Å². The van der Waals surface area contributed by atoms with Crippen molar-refractivity contribution < 1.29 is 9.59 Å². The zero-order valence-corrected chi connectivity index (χ0v) is 13.6. The Morgan fingerprint density at radius 3 is 3.18 bits per heavy atom. The van der Waals surface area contributed by atoms with E-state index in [4.69, 9.17) is 0 Å². The van der Waals surface area contributed by atoms with Crippen LogP contribution in [0.3, 0.4) is 0 Å². The second kappa shape index (κ2) is 6.66. The van der Waals surface area contributed by atoms with Crippen molar-refractivity contribution in [1.82, 2.24) is 24.9 Å². The van der Waals surface area contributed by atoms with Gasteiger partial charge in [-0.15, -0.1) is 10.2 Å². The SMILES string of the molecule is CCc1cc2nncn2c(SCC(=O)N[C@@H]2CCSC2=O)n1. The minimum Gasteiger partial charge on any atom is -0.345 e. The van der Waals surface area contributed by atoms with Crippen molar-refractivity contribution in [2.24, 2.45) is 0 Å². The Morgan fingerprint density at radius 1 is 1.59 bits per heavy atom. The second-order valence-corrected chi connectivity index (χ2v) is 6.85. The fourth-order valence-corrected chi connectivity index (χ4v) is 3.86. The van der Waals surface area contributed by atoms with Crippen molar-refractivity contribution in [3.63, 3.8) is 0 Å². The number of thioether (sulfide) groups is 2. The van der Waals surface area contributed by atoms with Gasteiger partial charge in [-0.1, -0.05) is 30.4 Å². The van der Waals surface area contributed by atoms with E-state index < -0.39 is 0 Å². The van der Waals surface area contributed by atoms with Crippen LogP contribution in [0.4, 0.5) is 0 Å². The normalized spacial score (nSPS) is 18.0. The molecule has 0 unspecified atom stereocenters. The van der Waals surface area contributed by atoms with Crippen LogP contribution in [0.5, 0.6) is 0 Å². The molecule has 0 spiro atoms. The number of carbonyl (C=O) groups excluding carboxylic acids is 2. The molecule has 116 valence electrons. The van der Waals surface area contributed by atoms with Gasteiger partial charge in [-0.2, -0.15) is 0 Å². The number of aromatic nitrogens is 4. The fraction of sp³-hybridized carbons (Fsp3) is 0.462. The van der Waals surface area contributed by atoms with E-state index >= 15 is 0 Å². The zero-order valence-electron chi connectivity index (χ0n) is 12.0. The summed E-state index contributed by atoms with van der Waals surface area (Å²) in [5.41, 5.74) is 1.63. The predicted octanol–water partition coefficient (Wildman–Crippen LogP) is 0.927. The third-order valence-corrected chi connectivity index (χ3v) is 5.24. The highest BCUT2D eigenvalue weighted by atomic mass is 32.2. The molecular formula is C13H15N5O2S2. The number of hydrogen-bond acceptors (Lipinski definition) is 7. The van der Waals surface area contributed by atoms with Crippen molar-refractivity contribution in [3.8, 4) is 0 Å². The lowest BCUT2D eigenvalue weighted by atomic mass is 10.2. The first kappa shape index (κ1) is 15.3. The van der Waals surface area contributed by atoms with Crippen LogP contribution in [-0.4, -0.2) is 48.2 Å². The highest BCUT2D eigenvalue weighted by Gasteiger charge is 2.26. The van der Waals surface area contributed by atoms with Gasteiger partial charge in [0.15, 0.2) is 10.8 Å². The van der Waals surface area contributed by atoms with Gasteiger partial charge in [-0.3, -0.25) is 14.0 Å². The summed E-state index contributed by atoms with van der Waals surface area (Å²) in [7, 11) is 0. The quantitative estimate of drug-likeness (QED) is 0.641. The summed E-state index contributed by atoms with van der Waals surface area (Å²) in [5.74, 6) is 0.830. The molecule has 7 nitrogen and oxygen atoms in total. The molecule has 1 aliphatic rings. The number of nitrogens with one attached hydrogen (secondary N) is 1. The van der Waals surface area contributed by atoms with Crippen LogP contribution >= 0.6 is 23.5 Å². The molecule has 1 aliphatic heterocycles. The van der Waals surface area contributed by atoms with Crippen molar-refractivity contribution in [2.45, 2.75) is 31.0 Å². The van der Waals surface area contributed by atoms with Crippen LogP contribution in [0.1, 0.15) is 19.0 Å². The molecule has 1 amide bonds. The van der Waals surface area contributed by atoms with E-state index in [1.54, 1.807) is 10.7 Å². The van der Waals surface area contributed by atoms with Gasteiger partial charge in [-0.25, -0.2) is 4.98 Å². The summed E-state index contributed by atoms with van der Waals surface area (Å²) >= 11 is 2.59. The van der Waals surface area contributed by atoms with Crippen LogP contribution in [0.15, 0.2) is 17.6 Å². The number of rotatable bonds is 5. The van der Waals surface area contributed by atoms with Gasteiger partial charge in [0.1, 0.15) is 6.33 Å². The highest BCUT2D eigenvalue weighted by Crippen LogP contribution is 2.21. The minimum absolute atomic E-state index is 0.0469. The summed E-state index contributed by atoms with van der Waals surface area (Å²) in [6, 6.07) is 1.54. The van der Waals surface area contributed by atoms with E-state index in [-0.39, 0.29) is 22.8 Å². The molecule has 3 rings (SSSR count). The third-order valence-electron chi connectivity index (χ3n) is 3.28. The summed E-state index contributed by atoms with van der Waals surface area (Å²) < 4.78 is 1.76. The van der Waals surface area contributed by atoms with Gasteiger partial charge < -0.3 is 5.32 Å². The first-order valence-corrected chi connectivity index (χ1v) is 8.93. The van der Waals surface area contributed by atoms with E-state index in [1.807, 2.05) is 13.0 Å². The molecule has 2 aromatic heterocycles. The van der Waals surface area contributed by atoms with E-state index in [0.29, 0.717) is 11.6 Å². The van der Waals surface area contributed by atoms with Crippen LogP contribution in [-0.2, 0) is 16.0 Å². The largest absolute Gasteiger partial charge is 0.345 e. The van der Waals surface area contributed by atoms with Gasteiger partial charge in [0.2, 0.25) is 11.0 Å². The summed E-state index contributed by atoms with van der Waals surface area (Å²) in [5, 5.41) is 11.4. The van der Waals surface area contributed by atoms with Gasteiger partial charge >= 0.3 is 0 Å². The smallest absolute Gasteiger partial charge is 0.231 e. The molecular weight excluding hydrogens is 322 g/mol. The maximum absolute atomic E-state index is 12.0. The van der Waals surface area contributed by atoms with Gasteiger partial charge in [0.05, 0.1) is 11.8 Å². The first-order chi connectivity index (χ1) is 10.7. The minimum atomic E-state index is -0.344. The highest BCUT2D eigenvalue weighted by molar-refractivity contribution is 8.14. The second-order valence-electron chi connectivity index (χ2n) is 4.81. The standard InChI is InChI=1S/C13H15N5O2S2/c1-2-8-5-10-17-14-7-18(10)13(15-8)22-6-11(19)16-9-3-4-21-12(9)20/h5,7,9H,2-4,6H2,1H3,(H,16,19)/t9-/m1/s1. The molecule has 0 radical (unpaired) electrons. The molecule has 0 aromatic carbocycles. The number of carbonyl (C=O) groups is 2. The molecule has 2 aromatic rings.